The van der Waals surface area contributed by atoms with Crippen LogP contribution < -0.4 is 5.32 Å². The highest BCUT2D eigenvalue weighted by Crippen LogP contribution is 2.26. The van der Waals surface area contributed by atoms with Gasteiger partial charge in [-0.3, -0.25) is 9.48 Å². The summed E-state index contributed by atoms with van der Waals surface area (Å²) < 4.78 is 1.84. The molecule has 0 aliphatic carbocycles. The Bertz CT molecular complexity index is 644. The molecule has 0 saturated carbocycles. The number of aryl methyl sites for hydroxylation is 2. The maximum atomic E-state index is 12.4. The molecule has 0 radical (unpaired) electrons. The molecule has 1 N–H and O–H groups in total. The fourth-order valence-corrected chi connectivity index (χ4v) is 3.63. The van der Waals surface area contributed by atoms with E-state index in [0.29, 0.717) is 12.1 Å². The van der Waals surface area contributed by atoms with Crippen LogP contribution in [0.3, 0.4) is 0 Å². The molecule has 2 heterocycles. The zero-order valence-corrected chi connectivity index (χ0v) is 14.7. The second kappa shape index (κ2) is 7.07. The fourth-order valence-electron chi connectivity index (χ4n) is 2.51. The molecule has 0 aliphatic rings. The van der Waals surface area contributed by atoms with Crippen LogP contribution in [0.25, 0.3) is 0 Å². The van der Waals surface area contributed by atoms with Crippen molar-refractivity contribution in [3.8, 4) is 0 Å². The van der Waals surface area contributed by atoms with Crippen LogP contribution in [0.1, 0.15) is 39.5 Å². The van der Waals surface area contributed by atoms with E-state index in [1.165, 1.54) is 10.4 Å². The fraction of sp³-hybridized carbons (Fsp3) is 0.500. The van der Waals surface area contributed by atoms with E-state index in [2.05, 4.69) is 33.7 Å². The Labute approximate surface area is 135 Å². The molecule has 22 heavy (non-hydrogen) atoms. The van der Waals surface area contributed by atoms with Gasteiger partial charge in [0.25, 0.3) is 5.91 Å². The molecule has 0 spiro atoms. The van der Waals surface area contributed by atoms with Gasteiger partial charge in [-0.1, -0.05) is 0 Å². The van der Waals surface area contributed by atoms with Crippen molar-refractivity contribution in [2.45, 2.75) is 33.4 Å². The van der Waals surface area contributed by atoms with Crippen molar-refractivity contribution in [2.75, 3.05) is 20.6 Å². The van der Waals surface area contributed by atoms with E-state index in [0.717, 1.165) is 12.2 Å². The van der Waals surface area contributed by atoms with Crippen LogP contribution in [-0.4, -0.2) is 41.2 Å². The third kappa shape index (κ3) is 3.39. The summed E-state index contributed by atoms with van der Waals surface area (Å²) in [5, 5.41) is 9.37. The van der Waals surface area contributed by atoms with Gasteiger partial charge in [-0.2, -0.15) is 5.10 Å². The molecule has 0 fully saturated rings. The van der Waals surface area contributed by atoms with Crippen LogP contribution in [0.5, 0.6) is 0 Å². The summed E-state index contributed by atoms with van der Waals surface area (Å²) in [6.45, 7) is 7.42. The number of rotatable bonds is 6. The summed E-state index contributed by atoms with van der Waals surface area (Å²) in [6, 6.07) is 2.30. The summed E-state index contributed by atoms with van der Waals surface area (Å²) in [7, 11) is 4.08. The summed E-state index contributed by atoms with van der Waals surface area (Å²) in [4.78, 5) is 15.8. The number of carbonyl (C=O) groups is 1. The normalized spacial score (nSPS) is 12.6. The van der Waals surface area contributed by atoms with Crippen LogP contribution in [0.4, 0.5) is 0 Å². The second-order valence-corrected chi connectivity index (χ2v) is 6.56. The van der Waals surface area contributed by atoms with Crippen molar-refractivity contribution >= 4 is 17.2 Å². The molecule has 0 aliphatic heterocycles. The first-order chi connectivity index (χ1) is 10.5. The molecule has 6 heteroatoms. The molecule has 5 nitrogen and oxygen atoms in total. The van der Waals surface area contributed by atoms with E-state index in [9.17, 15) is 4.79 Å². The number of thiophene rings is 1. The van der Waals surface area contributed by atoms with E-state index in [4.69, 9.17) is 0 Å². The standard InChI is InChI=1S/C16H24N4OS/c1-6-20-12(3)13(9-18-20)16(21)17-10-14(19(4)5)15-11(2)7-8-22-15/h7-9,14H,6,10H2,1-5H3,(H,17,21). The van der Waals surface area contributed by atoms with Gasteiger partial charge >= 0.3 is 0 Å². The zero-order valence-electron chi connectivity index (χ0n) is 13.9. The maximum absolute atomic E-state index is 12.4. The van der Waals surface area contributed by atoms with Crippen molar-refractivity contribution in [1.82, 2.24) is 20.0 Å². The molecule has 0 bridgehead atoms. The first-order valence-electron chi connectivity index (χ1n) is 7.46. The second-order valence-electron chi connectivity index (χ2n) is 5.62. The lowest BCUT2D eigenvalue weighted by molar-refractivity contribution is 0.0941. The quantitative estimate of drug-likeness (QED) is 0.890. The van der Waals surface area contributed by atoms with Crippen LogP contribution >= 0.6 is 11.3 Å². The van der Waals surface area contributed by atoms with Gasteiger partial charge in [-0.25, -0.2) is 0 Å². The predicted octanol–water partition coefficient (Wildman–Crippen LogP) is 2.61. The Morgan fingerprint density at radius 3 is 2.68 bits per heavy atom. The van der Waals surface area contributed by atoms with Gasteiger partial charge in [0.2, 0.25) is 0 Å². The minimum Gasteiger partial charge on any atom is -0.350 e. The van der Waals surface area contributed by atoms with E-state index >= 15 is 0 Å². The molecule has 2 rings (SSSR count). The Balaban J connectivity index is 2.08. The van der Waals surface area contributed by atoms with Crippen LogP contribution in [0.2, 0.25) is 0 Å². The lowest BCUT2D eigenvalue weighted by Gasteiger charge is -2.24. The van der Waals surface area contributed by atoms with Gasteiger partial charge in [0.15, 0.2) is 0 Å². The minimum absolute atomic E-state index is 0.0572. The highest BCUT2D eigenvalue weighted by molar-refractivity contribution is 7.10. The molecule has 0 aromatic carbocycles. The molecule has 2 aromatic rings. The molecule has 1 atom stereocenters. The highest BCUT2D eigenvalue weighted by Gasteiger charge is 2.20. The van der Waals surface area contributed by atoms with Crippen molar-refractivity contribution in [3.05, 3.63) is 39.3 Å². The molecule has 2 aromatic heterocycles. The molecule has 1 unspecified atom stereocenters. The van der Waals surface area contributed by atoms with Crippen molar-refractivity contribution in [2.24, 2.45) is 0 Å². The summed E-state index contributed by atoms with van der Waals surface area (Å²) >= 11 is 1.73. The van der Waals surface area contributed by atoms with Crippen molar-refractivity contribution in [1.29, 1.82) is 0 Å². The number of hydrogen-bond acceptors (Lipinski definition) is 4. The number of likely N-dealkylation sites (N-methyl/N-ethyl adjacent to an activating group) is 1. The molecule has 0 saturated heterocycles. The Hall–Kier alpha value is -1.66. The van der Waals surface area contributed by atoms with Crippen LogP contribution in [-0.2, 0) is 6.54 Å². The van der Waals surface area contributed by atoms with Crippen molar-refractivity contribution in [3.63, 3.8) is 0 Å². The van der Waals surface area contributed by atoms with Gasteiger partial charge < -0.3 is 10.2 Å². The number of nitrogens with zero attached hydrogens (tertiary/aromatic N) is 3. The Morgan fingerprint density at radius 2 is 2.18 bits per heavy atom. The van der Waals surface area contributed by atoms with Gasteiger partial charge in [0.05, 0.1) is 17.8 Å². The van der Waals surface area contributed by atoms with E-state index in [1.54, 1.807) is 17.5 Å². The topological polar surface area (TPSA) is 50.2 Å². The minimum atomic E-state index is -0.0572. The number of carbonyl (C=O) groups excluding carboxylic acids is 1. The average molecular weight is 320 g/mol. The lowest BCUT2D eigenvalue weighted by Crippen LogP contribution is -2.34. The average Bonchev–Trinajstić information content (AvgIpc) is 3.05. The Kier molecular flexibility index (Phi) is 5.37. The largest absolute Gasteiger partial charge is 0.350 e. The van der Waals surface area contributed by atoms with Gasteiger partial charge in [-0.15, -0.1) is 11.3 Å². The zero-order chi connectivity index (χ0) is 16.3. The van der Waals surface area contributed by atoms with Crippen LogP contribution in [0.15, 0.2) is 17.6 Å². The number of aromatic nitrogens is 2. The first kappa shape index (κ1) is 16.7. The number of amides is 1. The number of nitrogens with one attached hydrogen (secondary N) is 1. The third-order valence-electron chi connectivity index (χ3n) is 3.93. The van der Waals surface area contributed by atoms with Gasteiger partial charge in [0.1, 0.15) is 0 Å². The van der Waals surface area contributed by atoms with E-state index < -0.39 is 0 Å². The number of hydrogen-bond donors (Lipinski definition) is 1. The highest BCUT2D eigenvalue weighted by atomic mass is 32.1. The van der Waals surface area contributed by atoms with Crippen LogP contribution in [0, 0.1) is 13.8 Å². The lowest BCUT2D eigenvalue weighted by atomic mass is 10.1. The molecular weight excluding hydrogens is 296 g/mol. The van der Waals surface area contributed by atoms with Gasteiger partial charge in [-0.05, 0) is 51.9 Å². The monoisotopic (exact) mass is 320 g/mol. The van der Waals surface area contributed by atoms with Gasteiger partial charge in [0, 0.05) is 23.7 Å². The summed E-state index contributed by atoms with van der Waals surface area (Å²) in [6.07, 6.45) is 1.65. The SMILES string of the molecule is CCn1ncc(C(=O)NCC(c2sccc2C)N(C)C)c1C. The summed E-state index contributed by atoms with van der Waals surface area (Å²) in [5.41, 5.74) is 2.84. The Morgan fingerprint density at radius 1 is 1.45 bits per heavy atom. The summed E-state index contributed by atoms with van der Waals surface area (Å²) in [5.74, 6) is -0.0572. The molecule has 1 amide bonds. The van der Waals surface area contributed by atoms with E-state index in [-0.39, 0.29) is 11.9 Å². The van der Waals surface area contributed by atoms with E-state index in [1.807, 2.05) is 32.6 Å². The first-order valence-corrected chi connectivity index (χ1v) is 8.34. The molecular formula is C16H24N4OS. The van der Waals surface area contributed by atoms with Crippen molar-refractivity contribution < 1.29 is 4.79 Å². The third-order valence-corrected chi connectivity index (χ3v) is 5.05. The molecule has 120 valence electrons. The predicted molar refractivity (Wildman–Crippen MR) is 90.5 cm³/mol. The smallest absolute Gasteiger partial charge is 0.254 e. The maximum Gasteiger partial charge on any atom is 0.254 e.